The van der Waals surface area contributed by atoms with Crippen molar-refractivity contribution in [2.24, 2.45) is 0 Å². The third-order valence-electron chi connectivity index (χ3n) is 3.40. The van der Waals surface area contributed by atoms with Gasteiger partial charge in [0.15, 0.2) is 6.61 Å². The van der Waals surface area contributed by atoms with Crippen LogP contribution >= 0.6 is 0 Å². The summed E-state index contributed by atoms with van der Waals surface area (Å²) in [6.45, 7) is 4.54. The van der Waals surface area contributed by atoms with E-state index in [1.165, 1.54) is 17.1 Å². The minimum atomic E-state index is -1.07. The van der Waals surface area contributed by atoms with Gasteiger partial charge in [0.05, 0.1) is 11.4 Å². The summed E-state index contributed by atoms with van der Waals surface area (Å²) in [6.07, 6.45) is 2.76. The first-order valence-electron chi connectivity index (χ1n) is 6.91. The van der Waals surface area contributed by atoms with E-state index in [9.17, 15) is 14.4 Å². The lowest BCUT2D eigenvalue weighted by Crippen LogP contribution is -2.59. The topological polar surface area (TPSA) is 75.7 Å². The third-order valence-corrected chi connectivity index (χ3v) is 3.40. The molecule has 0 unspecified atom stereocenters. The molecule has 1 aromatic rings. The largest absolute Gasteiger partial charge is 0.452 e. The van der Waals surface area contributed by atoms with E-state index in [4.69, 9.17) is 4.74 Å². The van der Waals surface area contributed by atoms with Gasteiger partial charge < -0.3 is 10.1 Å². The zero-order valence-electron chi connectivity index (χ0n) is 12.8. The molecule has 0 aliphatic carbocycles. The molecule has 0 saturated heterocycles. The second kappa shape index (κ2) is 6.01. The Morgan fingerprint density at radius 2 is 2.00 bits per heavy atom. The first-order chi connectivity index (χ1) is 10.4. The summed E-state index contributed by atoms with van der Waals surface area (Å²) in [5.74, 6) is -1.34. The number of benzene rings is 1. The number of esters is 1. The lowest BCUT2D eigenvalue weighted by molar-refractivity contribution is -0.143. The molecule has 0 radical (unpaired) electrons. The number of allylic oxidation sites excluding steroid dienone is 1. The molecule has 0 fully saturated rings. The molecular weight excluding hydrogens is 284 g/mol. The number of para-hydroxylation sites is 2. The SMILES string of the molecule is CC=CC(=O)OCC(=O)N1c2ccccc2NC(=O)C1(C)C. The van der Waals surface area contributed by atoms with Gasteiger partial charge in [-0.15, -0.1) is 0 Å². The van der Waals surface area contributed by atoms with E-state index in [2.05, 4.69) is 5.32 Å². The number of fused-ring (bicyclic) bond motifs is 1. The van der Waals surface area contributed by atoms with E-state index >= 15 is 0 Å². The van der Waals surface area contributed by atoms with Crippen molar-refractivity contribution in [1.82, 2.24) is 0 Å². The van der Waals surface area contributed by atoms with Crippen molar-refractivity contribution in [3.63, 3.8) is 0 Å². The molecule has 22 heavy (non-hydrogen) atoms. The molecule has 0 atom stereocenters. The zero-order valence-corrected chi connectivity index (χ0v) is 12.8. The molecule has 0 aromatic heterocycles. The summed E-state index contributed by atoms with van der Waals surface area (Å²) in [4.78, 5) is 37.4. The highest BCUT2D eigenvalue weighted by Crippen LogP contribution is 2.36. The Morgan fingerprint density at radius 3 is 2.68 bits per heavy atom. The van der Waals surface area contributed by atoms with Crippen LogP contribution in [0.1, 0.15) is 20.8 Å². The van der Waals surface area contributed by atoms with E-state index in [0.29, 0.717) is 11.4 Å². The first-order valence-corrected chi connectivity index (χ1v) is 6.91. The number of nitrogens with zero attached hydrogens (tertiary/aromatic N) is 1. The molecule has 2 rings (SSSR count). The van der Waals surface area contributed by atoms with E-state index in [-0.39, 0.29) is 5.91 Å². The van der Waals surface area contributed by atoms with Gasteiger partial charge in [0.25, 0.3) is 5.91 Å². The Kier molecular flexibility index (Phi) is 4.30. The maximum atomic E-state index is 12.5. The molecule has 1 N–H and O–H groups in total. The first kappa shape index (κ1) is 15.8. The minimum absolute atomic E-state index is 0.292. The maximum absolute atomic E-state index is 12.5. The summed E-state index contributed by atoms with van der Waals surface area (Å²) >= 11 is 0. The highest BCUT2D eigenvalue weighted by molar-refractivity contribution is 6.14. The molecule has 6 heteroatoms. The molecule has 0 saturated carbocycles. The predicted molar refractivity (Wildman–Crippen MR) is 82.4 cm³/mol. The van der Waals surface area contributed by atoms with E-state index < -0.39 is 24.0 Å². The summed E-state index contributed by atoms with van der Waals surface area (Å²) in [7, 11) is 0. The molecule has 1 aliphatic heterocycles. The Morgan fingerprint density at radius 1 is 1.32 bits per heavy atom. The Balaban J connectivity index is 2.28. The number of carbonyl (C=O) groups is 3. The van der Waals surface area contributed by atoms with Crippen LogP contribution in [0.3, 0.4) is 0 Å². The highest BCUT2D eigenvalue weighted by atomic mass is 16.5. The average molecular weight is 302 g/mol. The van der Waals surface area contributed by atoms with Gasteiger partial charge in [0.2, 0.25) is 5.91 Å². The number of nitrogens with one attached hydrogen (secondary N) is 1. The van der Waals surface area contributed by atoms with Gasteiger partial charge in [-0.05, 0) is 32.9 Å². The molecule has 116 valence electrons. The van der Waals surface area contributed by atoms with Crippen molar-refractivity contribution in [3.8, 4) is 0 Å². The number of hydrogen-bond acceptors (Lipinski definition) is 4. The number of hydrogen-bond donors (Lipinski definition) is 1. The smallest absolute Gasteiger partial charge is 0.330 e. The fourth-order valence-corrected chi connectivity index (χ4v) is 2.28. The summed E-state index contributed by atoms with van der Waals surface area (Å²) < 4.78 is 4.89. The quantitative estimate of drug-likeness (QED) is 0.683. The van der Waals surface area contributed by atoms with E-state index in [1.807, 2.05) is 0 Å². The van der Waals surface area contributed by atoms with Crippen LogP contribution in [0.5, 0.6) is 0 Å². The number of amides is 2. The second-order valence-electron chi connectivity index (χ2n) is 5.37. The van der Waals surface area contributed by atoms with Crippen molar-refractivity contribution in [1.29, 1.82) is 0 Å². The number of rotatable bonds is 3. The van der Waals surface area contributed by atoms with Crippen LogP contribution in [-0.2, 0) is 19.1 Å². The molecular formula is C16H18N2O4. The standard InChI is InChI=1S/C16H18N2O4/c1-4-7-14(20)22-10-13(19)18-12-9-6-5-8-11(12)17-15(21)16(18,2)3/h4-9H,10H2,1-3H3,(H,17,21). The van der Waals surface area contributed by atoms with Crippen molar-refractivity contribution >= 4 is 29.2 Å². The highest BCUT2D eigenvalue weighted by Gasteiger charge is 2.43. The van der Waals surface area contributed by atoms with Crippen LogP contribution < -0.4 is 10.2 Å². The van der Waals surface area contributed by atoms with Crippen molar-refractivity contribution < 1.29 is 19.1 Å². The Labute approximate surface area is 128 Å². The minimum Gasteiger partial charge on any atom is -0.452 e. The van der Waals surface area contributed by atoms with Gasteiger partial charge >= 0.3 is 5.97 Å². The van der Waals surface area contributed by atoms with Crippen LogP contribution in [0.4, 0.5) is 11.4 Å². The average Bonchev–Trinajstić information content (AvgIpc) is 2.46. The summed E-state index contributed by atoms with van der Waals surface area (Å²) in [6, 6.07) is 7.00. The van der Waals surface area contributed by atoms with Gasteiger partial charge in [0.1, 0.15) is 5.54 Å². The van der Waals surface area contributed by atoms with Crippen LogP contribution in [0.25, 0.3) is 0 Å². The number of carbonyl (C=O) groups excluding carboxylic acids is 3. The molecule has 1 aromatic carbocycles. The molecule has 1 heterocycles. The fourth-order valence-electron chi connectivity index (χ4n) is 2.28. The molecule has 6 nitrogen and oxygen atoms in total. The number of anilines is 2. The van der Waals surface area contributed by atoms with E-state index in [0.717, 1.165) is 0 Å². The van der Waals surface area contributed by atoms with Crippen LogP contribution in [0.15, 0.2) is 36.4 Å². The lowest BCUT2D eigenvalue weighted by atomic mass is 9.96. The van der Waals surface area contributed by atoms with Gasteiger partial charge in [-0.25, -0.2) is 4.79 Å². The maximum Gasteiger partial charge on any atom is 0.330 e. The second-order valence-corrected chi connectivity index (χ2v) is 5.37. The lowest BCUT2D eigenvalue weighted by Gasteiger charge is -2.41. The van der Waals surface area contributed by atoms with Gasteiger partial charge in [-0.3, -0.25) is 14.5 Å². The van der Waals surface area contributed by atoms with E-state index in [1.54, 1.807) is 45.0 Å². The molecule has 0 spiro atoms. The van der Waals surface area contributed by atoms with Crippen molar-refractivity contribution in [3.05, 3.63) is 36.4 Å². The van der Waals surface area contributed by atoms with Gasteiger partial charge in [0, 0.05) is 6.08 Å². The van der Waals surface area contributed by atoms with Gasteiger partial charge in [-0.1, -0.05) is 18.2 Å². The van der Waals surface area contributed by atoms with Crippen LogP contribution in [-0.4, -0.2) is 29.9 Å². The normalized spacial score (nSPS) is 16.1. The third kappa shape index (κ3) is 2.86. The monoisotopic (exact) mass is 302 g/mol. The Bertz CT molecular complexity index is 649. The zero-order chi connectivity index (χ0) is 16.3. The molecule has 1 aliphatic rings. The van der Waals surface area contributed by atoms with Crippen LogP contribution in [0, 0.1) is 0 Å². The van der Waals surface area contributed by atoms with Crippen molar-refractivity contribution in [2.75, 3.05) is 16.8 Å². The number of ether oxygens (including phenoxy) is 1. The van der Waals surface area contributed by atoms with Gasteiger partial charge in [-0.2, -0.15) is 0 Å². The fraction of sp³-hybridized carbons (Fsp3) is 0.312. The van der Waals surface area contributed by atoms with Crippen LogP contribution in [0.2, 0.25) is 0 Å². The summed E-state index contributed by atoms with van der Waals surface area (Å²) in [5.41, 5.74) is 0.0671. The molecule has 0 bridgehead atoms. The van der Waals surface area contributed by atoms with Crippen molar-refractivity contribution in [2.45, 2.75) is 26.3 Å². The Hall–Kier alpha value is -2.63. The molecule has 2 amide bonds. The predicted octanol–water partition coefficient (Wildman–Crippen LogP) is 1.87. The summed E-state index contributed by atoms with van der Waals surface area (Å²) in [5, 5.41) is 2.77.